The lowest BCUT2D eigenvalue weighted by Crippen LogP contribution is -1.59. The van der Waals surface area contributed by atoms with Crippen molar-refractivity contribution < 1.29 is 4.52 Å². The molecule has 3 heteroatoms. The van der Waals surface area contributed by atoms with Crippen molar-refractivity contribution in [3.63, 3.8) is 0 Å². The minimum atomic E-state index is 0.560. The van der Waals surface area contributed by atoms with Gasteiger partial charge in [0.1, 0.15) is 5.69 Å². The van der Waals surface area contributed by atoms with Gasteiger partial charge >= 0.3 is 0 Å². The van der Waals surface area contributed by atoms with E-state index in [1.54, 1.807) is 0 Å². The lowest BCUT2D eigenvalue weighted by molar-refractivity contribution is 0.413. The number of aromatic nitrogens is 1. The molecule has 1 aromatic rings. The van der Waals surface area contributed by atoms with E-state index in [1.165, 1.54) is 12.3 Å². The third kappa shape index (κ3) is 0.887. The summed E-state index contributed by atoms with van der Waals surface area (Å²) in [4.78, 5) is 3.62. The Balaban J connectivity index is 3.12. The largest absolute Gasteiger partial charge is 0.355 e. The fourth-order valence-electron chi connectivity index (χ4n) is 0.504. The average molecular weight is 122 g/mol. The molecule has 0 saturated heterocycles. The fourth-order valence-corrected chi connectivity index (χ4v) is 0.504. The lowest BCUT2D eigenvalue weighted by atomic mass is 10.4. The molecule has 1 rings (SSSR count). The molecule has 46 valence electrons. The van der Waals surface area contributed by atoms with Crippen LogP contribution in [0, 0.1) is 0 Å². The van der Waals surface area contributed by atoms with Crippen molar-refractivity contribution in [1.82, 2.24) is 5.16 Å². The predicted molar refractivity (Wildman–Crippen MR) is 35.8 cm³/mol. The number of hydrogen-bond donors (Lipinski definition) is 0. The number of nitrogens with zero attached hydrogens (tertiary/aromatic N) is 2. The second-order valence-corrected chi connectivity index (χ2v) is 1.44. The van der Waals surface area contributed by atoms with Gasteiger partial charge in [-0.05, 0) is 12.8 Å². The minimum Gasteiger partial charge on any atom is -0.355 e. The van der Waals surface area contributed by atoms with Gasteiger partial charge in [0.2, 0.25) is 0 Å². The Labute approximate surface area is 52.7 Å². The monoisotopic (exact) mass is 122 g/mol. The van der Waals surface area contributed by atoms with Crippen LogP contribution in [0.25, 0.3) is 6.08 Å². The summed E-state index contributed by atoms with van der Waals surface area (Å²) in [6.07, 6.45) is 3.03. The summed E-state index contributed by atoms with van der Waals surface area (Å²) in [6.45, 7) is 6.80. The molecule has 0 aromatic carbocycles. The molecular weight excluding hydrogens is 116 g/mol. The summed E-state index contributed by atoms with van der Waals surface area (Å²) in [7, 11) is 0. The maximum Gasteiger partial charge on any atom is 0.184 e. The van der Waals surface area contributed by atoms with E-state index < -0.39 is 0 Å². The van der Waals surface area contributed by atoms with E-state index in [-0.39, 0.29) is 0 Å². The second-order valence-electron chi connectivity index (χ2n) is 1.44. The normalized spacial score (nSPS) is 8.89. The first-order valence-corrected chi connectivity index (χ1v) is 2.42. The Hall–Kier alpha value is -1.38. The van der Waals surface area contributed by atoms with Gasteiger partial charge in [-0.15, -0.1) is 0 Å². The highest BCUT2D eigenvalue weighted by molar-refractivity contribution is 5.58. The third-order valence-corrected chi connectivity index (χ3v) is 0.934. The highest BCUT2D eigenvalue weighted by atomic mass is 16.5. The summed E-state index contributed by atoms with van der Waals surface area (Å²) in [5.41, 5.74) is 0.630. The number of hydrogen-bond acceptors (Lipinski definition) is 3. The van der Waals surface area contributed by atoms with Gasteiger partial charge in [-0.3, -0.25) is 4.99 Å². The molecular formula is C6H6N2O. The van der Waals surface area contributed by atoms with Gasteiger partial charge in [-0.2, -0.15) is 0 Å². The summed E-state index contributed by atoms with van der Waals surface area (Å²) in [5.74, 6) is 0.560. The molecule has 1 aromatic heterocycles. The summed E-state index contributed by atoms with van der Waals surface area (Å²) >= 11 is 0. The van der Waals surface area contributed by atoms with Crippen LogP contribution in [0.1, 0.15) is 5.76 Å². The van der Waals surface area contributed by atoms with Crippen molar-refractivity contribution in [3.05, 3.63) is 18.5 Å². The van der Waals surface area contributed by atoms with E-state index in [9.17, 15) is 0 Å². The van der Waals surface area contributed by atoms with E-state index in [4.69, 9.17) is 4.52 Å². The molecule has 0 fully saturated rings. The van der Waals surface area contributed by atoms with Gasteiger partial charge in [0, 0.05) is 0 Å². The quantitative estimate of drug-likeness (QED) is 0.559. The van der Waals surface area contributed by atoms with Crippen molar-refractivity contribution >= 4 is 18.5 Å². The molecule has 9 heavy (non-hydrogen) atoms. The second kappa shape index (κ2) is 2.26. The molecule has 0 radical (unpaired) electrons. The van der Waals surface area contributed by atoms with E-state index in [2.05, 4.69) is 23.4 Å². The van der Waals surface area contributed by atoms with Crippen molar-refractivity contribution in [2.75, 3.05) is 0 Å². The highest BCUT2D eigenvalue weighted by Gasteiger charge is 1.98. The summed E-state index contributed by atoms with van der Waals surface area (Å²) in [6, 6.07) is 0. The molecule has 0 amide bonds. The zero-order valence-corrected chi connectivity index (χ0v) is 4.87. The zero-order chi connectivity index (χ0) is 6.69. The molecule has 0 atom stereocenters. The molecule has 0 spiro atoms. The number of aliphatic imine (C=N–C) groups is 1. The Kier molecular flexibility index (Phi) is 1.44. The highest BCUT2D eigenvalue weighted by Crippen LogP contribution is 2.17. The maximum absolute atomic E-state index is 4.70. The van der Waals surface area contributed by atoms with Crippen LogP contribution < -0.4 is 0 Å². The van der Waals surface area contributed by atoms with E-state index in [1.807, 2.05) is 0 Å². The van der Waals surface area contributed by atoms with Crippen LogP contribution in [0.5, 0.6) is 0 Å². The van der Waals surface area contributed by atoms with Gasteiger partial charge in [-0.1, -0.05) is 11.7 Å². The first kappa shape index (κ1) is 5.75. The first-order valence-electron chi connectivity index (χ1n) is 2.42. The van der Waals surface area contributed by atoms with Crippen LogP contribution in [0.3, 0.4) is 0 Å². The smallest absolute Gasteiger partial charge is 0.184 e. The van der Waals surface area contributed by atoms with Crippen LogP contribution in [0.4, 0.5) is 5.69 Å². The van der Waals surface area contributed by atoms with Crippen LogP contribution in [-0.4, -0.2) is 11.9 Å². The van der Waals surface area contributed by atoms with Crippen molar-refractivity contribution in [3.8, 4) is 0 Å². The predicted octanol–water partition coefficient (Wildman–Crippen LogP) is 1.65. The van der Waals surface area contributed by atoms with E-state index >= 15 is 0 Å². The average Bonchev–Trinajstić information content (AvgIpc) is 2.33. The standard InChI is InChI=1S/C6H6N2O/c1-3-6-5(7-2)4-8-9-6/h3-4H,1-2H2. The molecule has 0 aliphatic carbocycles. The fraction of sp³-hybridized carbons (Fsp3) is 0. The van der Waals surface area contributed by atoms with Gasteiger partial charge < -0.3 is 4.52 Å². The Morgan fingerprint density at radius 2 is 2.56 bits per heavy atom. The Bertz CT molecular complexity index is 204. The first-order chi connectivity index (χ1) is 4.38. The van der Waals surface area contributed by atoms with Crippen molar-refractivity contribution in [1.29, 1.82) is 0 Å². The van der Waals surface area contributed by atoms with Gasteiger partial charge in [-0.25, -0.2) is 0 Å². The molecule has 0 saturated carbocycles. The molecule has 0 aliphatic rings. The van der Waals surface area contributed by atoms with E-state index in [0.29, 0.717) is 11.4 Å². The van der Waals surface area contributed by atoms with Gasteiger partial charge in [0.05, 0.1) is 6.20 Å². The summed E-state index contributed by atoms with van der Waals surface area (Å²) < 4.78 is 4.70. The Morgan fingerprint density at radius 1 is 1.78 bits per heavy atom. The van der Waals surface area contributed by atoms with Crippen molar-refractivity contribution in [2.45, 2.75) is 0 Å². The minimum absolute atomic E-state index is 0.560. The van der Waals surface area contributed by atoms with E-state index in [0.717, 1.165) is 0 Å². The molecule has 0 bridgehead atoms. The Morgan fingerprint density at radius 3 is 3.00 bits per heavy atom. The van der Waals surface area contributed by atoms with Crippen LogP contribution >= 0.6 is 0 Å². The van der Waals surface area contributed by atoms with Gasteiger partial charge in [0.25, 0.3) is 0 Å². The third-order valence-electron chi connectivity index (χ3n) is 0.934. The van der Waals surface area contributed by atoms with Crippen LogP contribution in [-0.2, 0) is 0 Å². The molecule has 0 N–H and O–H groups in total. The molecule has 0 aliphatic heterocycles. The molecule has 1 heterocycles. The van der Waals surface area contributed by atoms with Crippen molar-refractivity contribution in [2.24, 2.45) is 4.99 Å². The van der Waals surface area contributed by atoms with Crippen LogP contribution in [0.15, 0.2) is 22.3 Å². The maximum atomic E-state index is 4.70. The number of rotatable bonds is 2. The molecule has 0 unspecified atom stereocenters. The summed E-state index contributed by atoms with van der Waals surface area (Å²) in [5, 5.41) is 3.48. The van der Waals surface area contributed by atoms with Gasteiger partial charge in [0.15, 0.2) is 5.76 Å². The topological polar surface area (TPSA) is 38.4 Å². The SMILES string of the molecule is C=Cc1oncc1N=C. The lowest BCUT2D eigenvalue weighted by Gasteiger charge is -1.80. The molecule has 3 nitrogen and oxygen atoms in total. The zero-order valence-electron chi connectivity index (χ0n) is 4.87. The van der Waals surface area contributed by atoms with Crippen LogP contribution in [0.2, 0.25) is 0 Å².